The van der Waals surface area contributed by atoms with E-state index in [2.05, 4.69) is 17.1 Å². The summed E-state index contributed by atoms with van der Waals surface area (Å²) in [5.74, 6) is 0.644. The summed E-state index contributed by atoms with van der Waals surface area (Å²) >= 11 is 0. The summed E-state index contributed by atoms with van der Waals surface area (Å²) in [6.45, 7) is 0.419. The van der Waals surface area contributed by atoms with Crippen molar-refractivity contribution in [1.82, 2.24) is 14.1 Å². The summed E-state index contributed by atoms with van der Waals surface area (Å²) in [7, 11) is 5.14. The summed E-state index contributed by atoms with van der Waals surface area (Å²) < 4.78 is 2.62. The van der Waals surface area contributed by atoms with Crippen LogP contribution in [0.25, 0.3) is 0 Å². The zero-order valence-corrected chi connectivity index (χ0v) is 11.0. The van der Waals surface area contributed by atoms with E-state index < -0.39 is 5.69 Å². The topological polar surface area (TPSA) is 60.1 Å². The molecule has 1 unspecified atom stereocenters. The highest BCUT2D eigenvalue weighted by Crippen LogP contribution is 2.17. The van der Waals surface area contributed by atoms with Crippen LogP contribution in [0.4, 0.5) is 5.95 Å². The van der Waals surface area contributed by atoms with E-state index in [9.17, 15) is 9.59 Å². The Morgan fingerprint density at radius 2 is 2.17 bits per heavy atom. The molecule has 0 aliphatic heterocycles. The first-order valence-electron chi connectivity index (χ1n) is 6.02. The number of anilines is 1. The minimum Gasteiger partial charge on any atom is -0.348 e. The number of allylic oxidation sites excluding steroid dienone is 2. The Kier molecular flexibility index (Phi) is 3.36. The van der Waals surface area contributed by atoms with Crippen molar-refractivity contribution < 1.29 is 0 Å². The van der Waals surface area contributed by atoms with Crippen molar-refractivity contribution >= 4 is 5.95 Å². The summed E-state index contributed by atoms with van der Waals surface area (Å²) in [4.78, 5) is 29.6. The van der Waals surface area contributed by atoms with Gasteiger partial charge in [0.2, 0.25) is 5.95 Å². The van der Waals surface area contributed by atoms with Gasteiger partial charge in [0.05, 0.1) is 0 Å². The molecule has 1 heterocycles. The quantitative estimate of drug-likeness (QED) is 0.707. The first kappa shape index (κ1) is 12.6. The lowest BCUT2D eigenvalue weighted by molar-refractivity contribution is 0.468. The Labute approximate surface area is 105 Å². The molecule has 6 heteroatoms. The Bertz CT molecular complexity index is 583. The highest BCUT2D eigenvalue weighted by atomic mass is 16.2. The fourth-order valence-electron chi connectivity index (χ4n) is 2.21. The largest absolute Gasteiger partial charge is 0.354 e. The van der Waals surface area contributed by atoms with Gasteiger partial charge in [-0.15, -0.1) is 0 Å². The van der Waals surface area contributed by atoms with E-state index >= 15 is 0 Å². The highest BCUT2D eigenvalue weighted by Gasteiger charge is 2.16. The Morgan fingerprint density at radius 1 is 1.44 bits per heavy atom. The van der Waals surface area contributed by atoms with Gasteiger partial charge < -0.3 is 4.90 Å². The molecule has 0 saturated heterocycles. The third-order valence-electron chi connectivity index (χ3n) is 3.17. The third kappa shape index (κ3) is 2.23. The molecular formula is C12H18N4O2. The number of hydrogen-bond acceptors (Lipinski definition) is 4. The van der Waals surface area contributed by atoms with Gasteiger partial charge in [-0.05, 0) is 18.8 Å². The van der Waals surface area contributed by atoms with E-state index in [1.165, 1.54) is 9.13 Å². The maximum Gasteiger partial charge on any atom is 0.354 e. The zero-order valence-electron chi connectivity index (χ0n) is 11.0. The second-order valence-electron chi connectivity index (χ2n) is 4.81. The van der Waals surface area contributed by atoms with Gasteiger partial charge in [-0.3, -0.25) is 4.57 Å². The minimum absolute atomic E-state index is 0.266. The molecule has 2 rings (SSSR count). The average molecular weight is 250 g/mol. The number of aromatic nitrogens is 3. The summed E-state index contributed by atoms with van der Waals surface area (Å²) in [5.41, 5.74) is -0.777. The molecule has 0 spiro atoms. The number of hydrogen-bond donors (Lipinski definition) is 0. The van der Waals surface area contributed by atoms with Crippen molar-refractivity contribution in [2.45, 2.75) is 19.4 Å². The summed E-state index contributed by atoms with van der Waals surface area (Å²) in [5, 5.41) is 0. The molecule has 0 amide bonds. The molecule has 1 aliphatic carbocycles. The van der Waals surface area contributed by atoms with Crippen LogP contribution < -0.4 is 16.3 Å². The Hall–Kier alpha value is -1.85. The van der Waals surface area contributed by atoms with Crippen LogP contribution in [0.3, 0.4) is 0 Å². The molecule has 0 bridgehead atoms. The maximum absolute atomic E-state index is 12.1. The molecule has 1 atom stereocenters. The van der Waals surface area contributed by atoms with Gasteiger partial charge in [0.15, 0.2) is 0 Å². The van der Waals surface area contributed by atoms with Crippen LogP contribution >= 0.6 is 0 Å². The van der Waals surface area contributed by atoms with Crippen molar-refractivity contribution in [3.8, 4) is 0 Å². The van der Waals surface area contributed by atoms with Crippen LogP contribution in [0, 0.1) is 5.92 Å². The molecule has 18 heavy (non-hydrogen) atoms. The first-order valence-corrected chi connectivity index (χ1v) is 6.02. The molecule has 0 N–H and O–H groups in total. The minimum atomic E-state index is -0.470. The van der Waals surface area contributed by atoms with Crippen LogP contribution in [0.15, 0.2) is 21.7 Å². The Morgan fingerprint density at radius 3 is 2.72 bits per heavy atom. The molecule has 0 radical (unpaired) electrons. The third-order valence-corrected chi connectivity index (χ3v) is 3.17. The lowest BCUT2D eigenvalue weighted by atomic mass is 10.1. The summed E-state index contributed by atoms with van der Waals surface area (Å²) in [6, 6.07) is 0. The van der Waals surface area contributed by atoms with Gasteiger partial charge >= 0.3 is 11.4 Å². The van der Waals surface area contributed by atoms with Crippen LogP contribution in [0.1, 0.15) is 12.8 Å². The van der Waals surface area contributed by atoms with Crippen LogP contribution in [-0.2, 0) is 13.6 Å². The molecule has 1 aliphatic rings. The predicted molar refractivity (Wildman–Crippen MR) is 69.9 cm³/mol. The van der Waals surface area contributed by atoms with Crippen molar-refractivity contribution in [2.24, 2.45) is 13.0 Å². The standard InChI is InChI=1S/C12H18N4O2/c1-14(2)10-13-11(17)16(12(18)15(10)3)8-9-6-4-5-7-9/h4,6,9H,5,7-8H2,1-3H3. The van der Waals surface area contributed by atoms with Crippen LogP contribution in [0.5, 0.6) is 0 Å². The molecular weight excluding hydrogens is 232 g/mol. The molecule has 1 aromatic heterocycles. The SMILES string of the molecule is CN(C)c1nc(=O)n(CC2C=CCC2)c(=O)n1C. The van der Waals surface area contributed by atoms with E-state index in [1.807, 2.05) is 0 Å². The van der Waals surface area contributed by atoms with Gasteiger partial charge in [-0.25, -0.2) is 14.2 Å². The average Bonchev–Trinajstić information content (AvgIpc) is 2.81. The fraction of sp³-hybridized carbons (Fsp3) is 0.583. The number of rotatable bonds is 3. The molecule has 0 aromatic carbocycles. The van der Waals surface area contributed by atoms with Gasteiger partial charge in [0.1, 0.15) is 0 Å². The molecule has 0 saturated carbocycles. The van der Waals surface area contributed by atoms with E-state index in [-0.39, 0.29) is 11.6 Å². The number of nitrogens with zero attached hydrogens (tertiary/aromatic N) is 4. The van der Waals surface area contributed by atoms with E-state index in [4.69, 9.17) is 0 Å². The van der Waals surface area contributed by atoms with E-state index in [0.717, 1.165) is 12.8 Å². The Balaban J connectivity index is 2.43. The lowest BCUT2D eigenvalue weighted by Crippen LogP contribution is -2.43. The van der Waals surface area contributed by atoms with E-state index in [0.29, 0.717) is 12.5 Å². The van der Waals surface area contributed by atoms with Gasteiger partial charge in [0.25, 0.3) is 0 Å². The predicted octanol–water partition coefficient (Wildman–Crippen LogP) is -0.0258. The van der Waals surface area contributed by atoms with Crippen LogP contribution in [0.2, 0.25) is 0 Å². The van der Waals surface area contributed by atoms with Crippen LogP contribution in [-0.4, -0.2) is 28.2 Å². The smallest absolute Gasteiger partial charge is 0.348 e. The summed E-state index contributed by atoms with van der Waals surface area (Å²) in [6.07, 6.45) is 6.15. The van der Waals surface area contributed by atoms with Crippen molar-refractivity contribution in [3.63, 3.8) is 0 Å². The van der Waals surface area contributed by atoms with Crippen molar-refractivity contribution in [1.29, 1.82) is 0 Å². The maximum atomic E-state index is 12.1. The second kappa shape index (κ2) is 4.80. The van der Waals surface area contributed by atoms with Gasteiger partial charge in [-0.2, -0.15) is 4.98 Å². The molecule has 0 fully saturated rings. The van der Waals surface area contributed by atoms with Crippen molar-refractivity contribution in [2.75, 3.05) is 19.0 Å². The zero-order chi connectivity index (χ0) is 13.3. The monoisotopic (exact) mass is 250 g/mol. The normalized spacial score (nSPS) is 18.3. The highest BCUT2D eigenvalue weighted by molar-refractivity contribution is 5.25. The first-order chi connectivity index (χ1) is 8.50. The van der Waals surface area contributed by atoms with Gasteiger partial charge in [-0.1, -0.05) is 12.2 Å². The van der Waals surface area contributed by atoms with Crippen molar-refractivity contribution in [3.05, 3.63) is 33.1 Å². The molecule has 98 valence electrons. The molecule has 6 nitrogen and oxygen atoms in total. The van der Waals surface area contributed by atoms with E-state index in [1.54, 1.807) is 26.0 Å². The lowest BCUT2D eigenvalue weighted by Gasteiger charge is -2.17. The van der Waals surface area contributed by atoms with Gasteiger partial charge in [0, 0.05) is 27.7 Å². The second-order valence-corrected chi connectivity index (χ2v) is 4.81. The molecule has 1 aromatic rings. The fourth-order valence-corrected chi connectivity index (χ4v) is 2.21.